The number of hydrogen-bond donors (Lipinski definition) is 1. The van der Waals surface area contributed by atoms with Crippen LogP contribution in [0.1, 0.15) is 29.8 Å². The van der Waals surface area contributed by atoms with Gasteiger partial charge in [-0.2, -0.15) is 13.2 Å². The molecule has 1 aromatic heterocycles. The Morgan fingerprint density at radius 2 is 1.77 bits per heavy atom. The van der Waals surface area contributed by atoms with Crippen molar-refractivity contribution in [1.29, 1.82) is 0 Å². The van der Waals surface area contributed by atoms with E-state index >= 15 is 8.78 Å². The smallest absolute Gasteiger partial charge is 0.416 e. The number of alkyl halides is 3. The Morgan fingerprint density at radius 3 is 2.31 bits per heavy atom. The summed E-state index contributed by atoms with van der Waals surface area (Å²) in [6, 6.07) is 2.02. The molecule has 2 heterocycles. The maximum atomic E-state index is 16.1. The summed E-state index contributed by atoms with van der Waals surface area (Å²) in [4.78, 5) is 25.9. The number of ether oxygens (including phenoxy) is 1. The highest BCUT2D eigenvalue weighted by Crippen LogP contribution is 2.37. The molecule has 186 valence electrons. The number of aromatic carboxylic acids is 1. The second-order valence-corrected chi connectivity index (χ2v) is 8.68. The summed E-state index contributed by atoms with van der Waals surface area (Å²) in [6.45, 7) is 3.73. The molecule has 1 fully saturated rings. The van der Waals surface area contributed by atoms with Gasteiger partial charge in [-0.25, -0.2) is 13.6 Å². The lowest BCUT2D eigenvalue weighted by Crippen LogP contribution is -2.50. The zero-order valence-corrected chi connectivity index (χ0v) is 19.0. The van der Waals surface area contributed by atoms with Crippen molar-refractivity contribution < 1.29 is 36.6 Å². The van der Waals surface area contributed by atoms with Crippen LogP contribution in [-0.4, -0.2) is 40.9 Å². The van der Waals surface area contributed by atoms with Gasteiger partial charge in [-0.15, -0.1) is 0 Å². The zero-order valence-electron chi connectivity index (χ0n) is 18.3. The number of halogens is 6. The quantitative estimate of drug-likeness (QED) is 0.481. The van der Waals surface area contributed by atoms with Crippen molar-refractivity contribution in [3.8, 4) is 5.69 Å². The van der Waals surface area contributed by atoms with Crippen LogP contribution in [0, 0.1) is 11.6 Å². The molecule has 1 aliphatic heterocycles. The Morgan fingerprint density at radius 1 is 1.14 bits per heavy atom. The van der Waals surface area contributed by atoms with Crippen LogP contribution in [0.3, 0.4) is 0 Å². The number of nitrogens with zero attached hydrogens (tertiary/aromatic N) is 2. The van der Waals surface area contributed by atoms with Gasteiger partial charge in [-0.05, 0) is 38.1 Å². The fourth-order valence-corrected chi connectivity index (χ4v) is 4.58. The molecule has 1 saturated heterocycles. The average Bonchev–Trinajstić information content (AvgIpc) is 2.75. The van der Waals surface area contributed by atoms with Crippen LogP contribution in [0.15, 0.2) is 35.3 Å². The van der Waals surface area contributed by atoms with Gasteiger partial charge in [-0.1, -0.05) is 11.6 Å². The summed E-state index contributed by atoms with van der Waals surface area (Å²) in [5.41, 5.74) is -4.30. The second kappa shape index (κ2) is 8.80. The third-order valence-electron chi connectivity index (χ3n) is 5.85. The van der Waals surface area contributed by atoms with Crippen LogP contribution < -0.4 is 10.3 Å². The first-order chi connectivity index (χ1) is 16.3. The molecule has 0 amide bonds. The van der Waals surface area contributed by atoms with E-state index < -0.39 is 74.0 Å². The van der Waals surface area contributed by atoms with Gasteiger partial charge in [0.25, 0.3) is 0 Å². The second-order valence-electron chi connectivity index (χ2n) is 8.27. The molecule has 6 nitrogen and oxygen atoms in total. The molecule has 0 aliphatic carbocycles. The lowest BCUT2D eigenvalue weighted by atomic mass is 10.0. The first-order valence-corrected chi connectivity index (χ1v) is 10.7. The summed E-state index contributed by atoms with van der Waals surface area (Å²) in [5, 5.41) is 8.39. The summed E-state index contributed by atoms with van der Waals surface area (Å²) in [5.74, 6) is -3.97. The standard InChI is InChI=1S/C23H18ClF5N2O4/c1-10-8-35-9-11(2)31(10)20-16(25)6-13-19(18(20)26)30(7-14(21(13)32)22(33)34)17-4-3-12(5-15(17)24)23(27,28)29/h3-7,10-11H,8-9H2,1-2H3,(H,33,34). The van der Waals surface area contributed by atoms with Crippen molar-refractivity contribution in [2.75, 3.05) is 18.1 Å². The summed E-state index contributed by atoms with van der Waals surface area (Å²) >= 11 is 6.09. The molecule has 0 bridgehead atoms. The van der Waals surface area contributed by atoms with E-state index in [4.69, 9.17) is 16.3 Å². The van der Waals surface area contributed by atoms with Gasteiger partial charge >= 0.3 is 12.1 Å². The van der Waals surface area contributed by atoms with E-state index in [1.165, 1.54) is 4.90 Å². The Balaban J connectivity index is 2.10. The van der Waals surface area contributed by atoms with Gasteiger partial charge in [0.2, 0.25) is 5.43 Å². The highest BCUT2D eigenvalue weighted by atomic mass is 35.5. The molecule has 0 spiro atoms. The normalized spacial score (nSPS) is 18.8. The molecule has 4 rings (SSSR count). The largest absolute Gasteiger partial charge is 0.477 e. The Bertz CT molecular complexity index is 1400. The van der Waals surface area contributed by atoms with Crippen LogP contribution in [0.25, 0.3) is 16.6 Å². The predicted molar refractivity (Wildman–Crippen MR) is 119 cm³/mol. The Hall–Kier alpha value is -3.18. The average molecular weight is 517 g/mol. The lowest BCUT2D eigenvalue weighted by molar-refractivity contribution is -0.137. The van der Waals surface area contributed by atoms with E-state index in [0.29, 0.717) is 12.1 Å². The molecular formula is C23H18ClF5N2O4. The number of carboxylic acids is 1. The third kappa shape index (κ3) is 4.23. The predicted octanol–water partition coefficient (Wildman–Crippen LogP) is 5.25. The molecule has 0 radical (unpaired) electrons. The van der Waals surface area contributed by atoms with Crippen LogP contribution in [0.2, 0.25) is 5.02 Å². The van der Waals surface area contributed by atoms with Crippen LogP contribution >= 0.6 is 11.6 Å². The van der Waals surface area contributed by atoms with Gasteiger partial charge in [0, 0.05) is 6.20 Å². The first-order valence-electron chi connectivity index (χ1n) is 10.4. The zero-order chi connectivity index (χ0) is 25.8. The number of carbonyl (C=O) groups is 1. The molecule has 2 unspecified atom stereocenters. The van der Waals surface area contributed by atoms with Gasteiger partial charge in [0.1, 0.15) is 17.1 Å². The molecule has 2 atom stereocenters. The number of aromatic nitrogens is 1. The van der Waals surface area contributed by atoms with Crippen molar-refractivity contribution in [2.24, 2.45) is 0 Å². The van der Waals surface area contributed by atoms with E-state index in [9.17, 15) is 27.9 Å². The number of morpholine rings is 1. The van der Waals surface area contributed by atoms with Crippen LogP contribution in [0.5, 0.6) is 0 Å². The monoisotopic (exact) mass is 516 g/mol. The van der Waals surface area contributed by atoms with Gasteiger partial charge < -0.3 is 19.3 Å². The van der Waals surface area contributed by atoms with E-state index in [0.717, 1.165) is 22.9 Å². The van der Waals surface area contributed by atoms with Crippen molar-refractivity contribution in [2.45, 2.75) is 32.1 Å². The number of rotatable bonds is 3. The van der Waals surface area contributed by atoms with Crippen molar-refractivity contribution in [1.82, 2.24) is 4.57 Å². The van der Waals surface area contributed by atoms with Crippen molar-refractivity contribution in [3.05, 3.63) is 68.5 Å². The maximum absolute atomic E-state index is 16.1. The van der Waals surface area contributed by atoms with E-state index in [1.807, 2.05) is 0 Å². The summed E-state index contributed by atoms with van der Waals surface area (Å²) in [6.07, 6.45) is -3.96. The minimum atomic E-state index is -4.72. The minimum Gasteiger partial charge on any atom is -0.477 e. The van der Waals surface area contributed by atoms with Crippen LogP contribution in [0.4, 0.5) is 27.6 Å². The number of carboxylic acid groups (broad SMARTS) is 1. The minimum absolute atomic E-state index is 0.177. The topological polar surface area (TPSA) is 71.8 Å². The number of anilines is 1. The van der Waals surface area contributed by atoms with Gasteiger partial charge in [-0.3, -0.25) is 4.79 Å². The SMILES string of the molecule is CC1COCC(C)N1c1c(F)cc2c(=O)c(C(=O)O)cn(-c3ccc(C(F)(F)F)cc3Cl)c2c1F. The summed E-state index contributed by atoms with van der Waals surface area (Å²) < 4.78 is 76.9. The maximum Gasteiger partial charge on any atom is 0.416 e. The first kappa shape index (κ1) is 24.9. The van der Waals surface area contributed by atoms with Gasteiger partial charge in [0.05, 0.1) is 52.5 Å². The summed E-state index contributed by atoms with van der Waals surface area (Å²) in [7, 11) is 0. The third-order valence-corrected chi connectivity index (χ3v) is 6.15. The highest BCUT2D eigenvalue weighted by Gasteiger charge is 2.34. The number of fused-ring (bicyclic) bond motifs is 1. The van der Waals surface area contributed by atoms with Crippen LogP contribution in [-0.2, 0) is 10.9 Å². The van der Waals surface area contributed by atoms with Crippen molar-refractivity contribution >= 4 is 34.2 Å². The van der Waals surface area contributed by atoms with Gasteiger partial charge in [0.15, 0.2) is 5.82 Å². The number of pyridine rings is 1. The van der Waals surface area contributed by atoms with Crippen molar-refractivity contribution in [3.63, 3.8) is 0 Å². The molecule has 3 aromatic rings. The molecular weight excluding hydrogens is 499 g/mol. The molecule has 12 heteroatoms. The highest BCUT2D eigenvalue weighted by molar-refractivity contribution is 6.32. The van der Waals surface area contributed by atoms with E-state index in [-0.39, 0.29) is 18.9 Å². The number of hydrogen-bond acceptors (Lipinski definition) is 4. The van der Waals surface area contributed by atoms with E-state index in [2.05, 4.69) is 0 Å². The Labute approximate surface area is 200 Å². The molecule has 1 N–H and O–H groups in total. The molecule has 35 heavy (non-hydrogen) atoms. The fraction of sp³-hybridized carbons (Fsp3) is 0.304. The fourth-order valence-electron chi connectivity index (χ4n) is 4.31. The van der Waals surface area contributed by atoms with E-state index in [1.54, 1.807) is 13.8 Å². The molecule has 2 aromatic carbocycles. The number of benzene rings is 2. The molecule has 1 aliphatic rings. The molecule has 0 saturated carbocycles. The lowest BCUT2D eigenvalue weighted by Gasteiger charge is -2.41. The Kier molecular flexibility index (Phi) is 6.26.